The lowest BCUT2D eigenvalue weighted by molar-refractivity contribution is -0.120. The average Bonchev–Trinajstić information content (AvgIpc) is 2.91. The Bertz CT molecular complexity index is 1500. The molecule has 5 rings (SSSR count). The number of hydrogen-bond donors (Lipinski definition) is 1. The van der Waals surface area contributed by atoms with Crippen LogP contribution >= 0.6 is 11.6 Å². The van der Waals surface area contributed by atoms with Crippen molar-refractivity contribution in [3.8, 4) is 11.5 Å². The third-order valence-electron chi connectivity index (χ3n) is 8.61. The van der Waals surface area contributed by atoms with Crippen LogP contribution in [0.5, 0.6) is 11.5 Å². The van der Waals surface area contributed by atoms with Crippen molar-refractivity contribution < 1.29 is 23.9 Å². The first-order valence-electron chi connectivity index (χ1n) is 14.9. The molecule has 0 spiro atoms. The zero-order chi connectivity index (χ0) is 31.3. The number of halogens is 1. The summed E-state index contributed by atoms with van der Waals surface area (Å²) < 4.78 is 11.6. The second-order valence-corrected chi connectivity index (χ2v) is 13.9. The summed E-state index contributed by atoms with van der Waals surface area (Å²) >= 11 is 6.81. The SMILES string of the molecule is CCN1C2=C(C(=O)CC(C)(C)C2)C(c2cc(Cl)c(OCC(=O)Nc3ccc(C)cc3)c(OC)c2)C2=C1CC(C)(C)CC2=O. The molecule has 0 aromatic heterocycles. The molecule has 3 aliphatic rings. The maximum Gasteiger partial charge on any atom is 0.262 e. The van der Waals surface area contributed by atoms with Crippen LogP contribution in [-0.2, 0) is 14.4 Å². The second kappa shape index (κ2) is 11.5. The Kier molecular flexibility index (Phi) is 8.25. The van der Waals surface area contributed by atoms with Crippen molar-refractivity contribution in [3.05, 3.63) is 75.1 Å². The number of rotatable bonds is 7. The minimum absolute atomic E-state index is 0.0575. The Morgan fingerprint density at radius 1 is 0.953 bits per heavy atom. The molecular weight excluding hydrogens is 564 g/mol. The van der Waals surface area contributed by atoms with Gasteiger partial charge in [-0.1, -0.05) is 57.0 Å². The molecule has 0 fully saturated rings. The molecule has 0 bridgehead atoms. The number of nitrogens with zero attached hydrogens (tertiary/aromatic N) is 1. The number of ether oxygens (including phenoxy) is 2. The predicted molar refractivity (Wildman–Crippen MR) is 169 cm³/mol. The molecule has 0 saturated carbocycles. The first kappa shape index (κ1) is 30.9. The number of carbonyl (C=O) groups excluding carboxylic acids is 3. The molecule has 1 aliphatic heterocycles. The van der Waals surface area contributed by atoms with Gasteiger partial charge in [0.25, 0.3) is 5.91 Å². The first-order valence-corrected chi connectivity index (χ1v) is 15.3. The van der Waals surface area contributed by atoms with Crippen molar-refractivity contribution in [2.24, 2.45) is 10.8 Å². The predicted octanol–water partition coefficient (Wildman–Crippen LogP) is 7.38. The van der Waals surface area contributed by atoms with Crippen LogP contribution in [0.15, 0.2) is 58.9 Å². The standard InChI is InChI=1S/C35H41ClN2O5/c1-8-38-24-15-34(3,4)17-26(39)31(24)30(32-25(38)16-35(5,6)18-27(32)40)21-13-23(36)33(28(14-21)42-7)43-19-29(41)37-22-11-9-20(2)10-12-22/h9-14,30H,8,15-19H2,1-7H3,(H,37,41). The van der Waals surface area contributed by atoms with Gasteiger partial charge in [-0.05, 0) is 67.3 Å². The second-order valence-electron chi connectivity index (χ2n) is 13.5. The first-order chi connectivity index (χ1) is 20.2. The maximum absolute atomic E-state index is 13.9. The summed E-state index contributed by atoms with van der Waals surface area (Å²) in [6.07, 6.45) is 2.30. The van der Waals surface area contributed by atoms with E-state index in [1.54, 1.807) is 12.1 Å². The van der Waals surface area contributed by atoms with Crippen LogP contribution < -0.4 is 14.8 Å². The van der Waals surface area contributed by atoms with Crippen LogP contribution in [0, 0.1) is 17.8 Å². The third-order valence-corrected chi connectivity index (χ3v) is 8.89. The van der Waals surface area contributed by atoms with Crippen molar-refractivity contribution in [3.63, 3.8) is 0 Å². The third kappa shape index (κ3) is 6.10. The number of anilines is 1. The van der Waals surface area contributed by atoms with Crippen LogP contribution in [0.1, 0.15) is 77.3 Å². The number of methoxy groups -OCH3 is 1. The van der Waals surface area contributed by atoms with E-state index in [0.717, 1.165) is 29.8 Å². The number of aryl methyl sites for hydroxylation is 1. The van der Waals surface area contributed by atoms with Gasteiger partial charge in [0.15, 0.2) is 29.7 Å². The van der Waals surface area contributed by atoms with Crippen molar-refractivity contribution in [1.29, 1.82) is 0 Å². The Hall–Kier alpha value is -3.58. The molecule has 2 aromatic rings. The van der Waals surface area contributed by atoms with E-state index in [4.69, 9.17) is 21.1 Å². The zero-order valence-corrected chi connectivity index (χ0v) is 26.9. The summed E-state index contributed by atoms with van der Waals surface area (Å²) in [7, 11) is 1.51. The molecule has 8 heteroatoms. The molecule has 2 aromatic carbocycles. The fourth-order valence-electron chi connectivity index (χ4n) is 6.78. The van der Waals surface area contributed by atoms with Crippen LogP contribution in [0.2, 0.25) is 5.02 Å². The summed E-state index contributed by atoms with van der Waals surface area (Å²) in [6, 6.07) is 11.0. The normalized spacial score (nSPS) is 19.7. The summed E-state index contributed by atoms with van der Waals surface area (Å²) in [5.41, 5.74) is 5.44. The molecule has 0 saturated heterocycles. The fourth-order valence-corrected chi connectivity index (χ4v) is 7.05. The van der Waals surface area contributed by atoms with Crippen molar-refractivity contribution >= 4 is 34.8 Å². The molecule has 0 radical (unpaired) electrons. The number of benzene rings is 2. The van der Waals surface area contributed by atoms with Gasteiger partial charge in [0.2, 0.25) is 0 Å². The van der Waals surface area contributed by atoms with E-state index in [0.29, 0.717) is 47.5 Å². The monoisotopic (exact) mass is 604 g/mol. The molecular formula is C35H41ClN2O5. The van der Waals surface area contributed by atoms with Gasteiger partial charge in [-0.3, -0.25) is 14.4 Å². The number of amides is 1. The molecule has 0 atom stereocenters. The highest BCUT2D eigenvalue weighted by atomic mass is 35.5. The lowest BCUT2D eigenvalue weighted by atomic mass is 9.63. The Morgan fingerprint density at radius 2 is 1.51 bits per heavy atom. The van der Waals surface area contributed by atoms with E-state index in [1.165, 1.54) is 7.11 Å². The number of hydrogen-bond acceptors (Lipinski definition) is 6. The lowest BCUT2D eigenvalue weighted by Gasteiger charge is -2.49. The highest BCUT2D eigenvalue weighted by molar-refractivity contribution is 6.32. The van der Waals surface area contributed by atoms with Crippen molar-refractivity contribution in [2.45, 2.75) is 73.1 Å². The van der Waals surface area contributed by atoms with E-state index in [-0.39, 0.29) is 45.7 Å². The van der Waals surface area contributed by atoms with E-state index >= 15 is 0 Å². The van der Waals surface area contributed by atoms with Crippen molar-refractivity contribution in [1.82, 2.24) is 4.90 Å². The molecule has 1 N–H and O–H groups in total. The minimum Gasteiger partial charge on any atom is -0.493 e. The van der Waals surface area contributed by atoms with E-state index in [1.807, 2.05) is 31.2 Å². The van der Waals surface area contributed by atoms with Gasteiger partial charge in [0.1, 0.15) is 0 Å². The van der Waals surface area contributed by atoms with Gasteiger partial charge in [0.05, 0.1) is 12.1 Å². The zero-order valence-electron chi connectivity index (χ0n) is 26.2. The highest BCUT2D eigenvalue weighted by Crippen LogP contribution is 2.55. The Labute approximate surface area is 259 Å². The molecule has 0 unspecified atom stereocenters. The number of Topliss-reactive ketones (excluding diaryl/α,β-unsaturated/α-hetero) is 2. The van der Waals surface area contributed by atoms with Gasteiger partial charge in [-0.15, -0.1) is 0 Å². The lowest BCUT2D eigenvalue weighted by Crippen LogP contribution is -2.44. The van der Waals surface area contributed by atoms with Gasteiger partial charge in [0, 0.05) is 53.5 Å². The maximum atomic E-state index is 13.9. The Morgan fingerprint density at radius 3 is 2.02 bits per heavy atom. The van der Waals surface area contributed by atoms with Gasteiger partial charge in [-0.2, -0.15) is 0 Å². The van der Waals surface area contributed by atoms with Crippen LogP contribution in [0.4, 0.5) is 5.69 Å². The van der Waals surface area contributed by atoms with Gasteiger partial charge in [-0.25, -0.2) is 0 Å². The number of allylic oxidation sites excluding steroid dienone is 4. The van der Waals surface area contributed by atoms with Gasteiger partial charge < -0.3 is 19.7 Å². The van der Waals surface area contributed by atoms with Crippen LogP contribution in [-0.4, -0.2) is 42.6 Å². The summed E-state index contributed by atoms with van der Waals surface area (Å²) in [6.45, 7) is 13.0. The molecule has 43 heavy (non-hydrogen) atoms. The van der Waals surface area contributed by atoms with E-state index in [9.17, 15) is 14.4 Å². The van der Waals surface area contributed by atoms with Gasteiger partial charge >= 0.3 is 0 Å². The number of ketones is 2. The smallest absolute Gasteiger partial charge is 0.262 e. The summed E-state index contributed by atoms with van der Waals surface area (Å²) in [5, 5.41) is 3.06. The summed E-state index contributed by atoms with van der Waals surface area (Å²) in [5.74, 6) is -0.212. The summed E-state index contributed by atoms with van der Waals surface area (Å²) in [4.78, 5) is 42.7. The molecule has 2 aliphatic carbocycles. The average molecular weight is 605 g/mol. The largest absolute Gasteiger partial charge is 0.493 e. The van der Waals surface area contributed by atoms with E-state index in [2.05, 4.69) is 44.8 Å². The van der Waals surface area contributed by atoms with Crippen LogP contribution in [0.25, 0.3) is 0 Å². The highest BCUT2D eigenvalue weighted by Gasteiger charge is 2.48. The molecule has 1 heterocycles. The number of nitrogens with one attached hydrogen (secondary N) is 1. The van der Waals surface area contributed by atoms with Crippen LogP contribution in [0.3, 0.4) is 0 Å². The Balaban J connectivity index is 1.54. The quantitative estimate of drug-likeness (QED) is 0.355. The van der Waals surface area contributed by atoms with Crippen molar-refractivity contribution in [2.75, 3.05) is 25.6 Å². The number of carbonyl (C=O) groups is 3. The molecule has 228 valence electrons. The topological polar surface area (TPSA) is 84.9 Å². The minimum atomic E-state index is -0.551. The fraction of sp³-hybridized carbons (Fsp3) is 0.457. The molecule has 1 amide bonds. The molecule has 7 nitrogen and oxygen atoms in total. The van der Waals surface area contributed by atoms with E-state index < -0.39 is 5.92 Å².